The van der Waals surface area contributed by atoms with E-state index < -0.39 is 0 Å². The van der Waals surface area contributed by atoms with Crippen molar-refractivity contribution in [2.45, 2.75) is 39.5 Å². The lowest BCUT2D eigenvalue weighted by atomic mass is 10.1. The highest BCUT2D eigenvalue weighted by molar-refractivity contribution is 6.02. The van der Waals surface area contributed by atoms with Crippen LogP contribution in [0.15, 0.2) is 29.6 Å². The van der Waals surface area contributed by atoms with E-state index in [1.165, 1.54) is 0 Å². The molecule has 0 atom stereocenters. The summed E-state index contributed by atoms with van der Waals surface area (Å²) in [5.41, 5.74) is 4.11. The average molecular weight is 312 g/mol. The van der Waals surface area contributed by atoms with E-state index in [1.54, 1.807) is 17.1 Å². The Morgan fingerprint density at radius 1 is 1.35 bits per heavy atom. The molecule has 1 aliphatic rings. The lowest BCUT2D eigenvalue weighted by molar-refractivity contribution is -0.121. The number of carbonyl (C=O) groups excluding carboxylic acids is 1. The summed E-state index contributed by atoms with van der Waals surface area (Å²) >= 11 is 0. The highest BCUT2D eigenvalue weighted by atomic mass is 16.2. The number of rotatable bonds is 5. The Hall–Kier alpha value is -2.57. The maximum Gasteiger partial charge on any atom is 0.240 e. The Morgan fingerprint density at radius 3 is 2.87 bits per heavy atom. The summed E-state index contributed by atoms with van der Waals surface area (Å²) < 4.78 is 1.76. The second-order valence-electron chi connectivity index (χ2n) is 6.00. The fourth-order valence-corrected chi connectivity index (χ4v) is 2.36. The average Bonchev–Trinajstić information content (AvgIpc) is 2.99. The molecule has 1 aliphatic heterocycles. The molecule has 7 heteroatoms. The van der Waals surface area contributed by atoms with Crippen molar-refractivity contribution < 1.29 is 4.79 Å². The van der Waals surface area contributed by atoms with Crippen LogP contribution in [0.1, 0.15) is 44.8 Å². The molecule has 23 heavy (non-hydrogen) atoms. The number of carbonyl (C=O) groups is 1. The molecule has 3 heterocycles. The summed E-state index contributed by atoms with van der Waals surface area (Å²) in [5, 5.41) is 8.77. The monoisotopic (exact) mass is 312 g/mol. The Morgan fingerprint density at radius 2 is 2.22 bits per heavy atom. The molecular formula is C16H20N6O. The van der Waals surface area contributed by atoms with Gasteiger partial charge in [0.2, 0.25) is 5.91 Å². The zero-order valence-corrected chi connectivity index (χ0v) is 13.4. The van der Waals surface area contributed by atoms with Gasteiger partial charge in [-0.05, 0) is 24.5 Å². The van der Waals surface area contributed by atoms with E-state index >= 15 is 0 Å². The van der Waals surface area contributed by atoms with E-state index in [2.05, 4.69) is 39.4 Å². The summed E-state index contributed by atoms with van der Waals surface area (Å²) in [7, 11) is 0. The molecular weight excluding hydrogens is 292 g/mol. The van der Waals surface area contributed by atoms with Gasteiger partial charge in [-0.25, -0.2) is 15.1 Å². The smallest absolute Gasteiger partial charge is 0.240 e. The summed E-state index contributed by atoms with van der Waals surface area (Å²) in [6.07, 6.45) is 6.29. The van der Waals surface area contributed by atoms with Crippen molar-refractivity contribution in [1.82, 2.24) is 25.2 Å². The number of aromatic nitrogens is 4. The van der Waals surface area contributed by atoms with Crippen molar-refractivity contribution in [2.24, 2.45) is 11.0 Å². The van der Waals surface area contributed by atoms with Gasteiger partial charge in [-0.15, -0.1) is 0 Å². The third-order valence-electron chi connectivity index (χ3n) is 3.65. The van der Waals surface area contributed by atoms with Crippen LogP contribution in [0, 0.1) is 5.92 Å². The SMILES string of the molecule is CC(C)CCc1nc(C2=NNC(=O)CC2)n(-c2cccnc2)n1. The van der Waals surface area contributed by atoms with Gasteiger partial charge in [0.05, 0.1) is 11.9 Å². The Bertz CT molecular complexity index is 719. The van der Waals surface area contributed by atoms with Crippen LogP contribution in [0.25, 0.3) is 5.69 Å². The normalized spacial score (nSPS) is 14.7. The zero-order chi connectivity index (χ0) is 16.2. The fourth-order valence-electron chi connectivity index (χ4n) is 2.36. The first-order chi connectivity index (χ1) is 11.1. The third-order valence-corrected chi connectivity index (χ3v) is 3.65. The van der Waals surface area contributed by atoms with E-state index in [0.717, 1.165) is 30.1 Å². The van der Waals surface area contributed by atoms with Crippen molar-refractivity contribution in [2.75, 3.05) is 0 Å². The molecule has 7 nitrogen and oxygen atoms in total. The molecule has 1 N–H and O–H groups in total. The molecule has 0 saturated heterocycles. The van der Waals surface area contributed by atoms with Crippen LogP contribution in [0.5, 0.6) is 0 Å². The Balaban J connectivity index is 1.97. The lowest BCUT2D eigenvalue weighted by Crippen LogP contribution is -2.27. The van der Waals surface area contributed by atoms with Crippen molar-refractivity contribution in [1.29, 1.82) is 0 Å². The molecule has 120 valence electrons. The highest BCUT2D eigenvalue weighted by Crippen LogP contribution is 2.15. The number of nitrogens with one attached hydrogen (secondary N) is 1. The molecule has 2 aromatic rings. The van der Waals surface area contributed by atoms with Gasteiger partial charge in [-0.1, -0.05) is 13.8 Å². The number of pyridine rings is 1. The molecule has 1 amide bonds. The second kappa shape index (κ2) is 6.68. The predicted octanol–water partition coefficient (Wildman–Crippen LogP) is 1.86. The van der Waals surface area contributed by atoms with Crippen LogP contribution in [0.3, 0.4) is 0 Å². The first-order valence-electron chi connectivity index (χ1n) is 7.85. The number of hydrogen-bond donors (Lipinski definition) is 1. The summed E-state index contributed by atoms with van der Waals surface area (Å²) in [5.74, 6) is 1.99. The minimum atomic E-state index is -0.0683. The predicted molar refractivity (Wildman–Crippen MR) is 86.2 cm³/mol. The van der Waals surface area contributed by atoms with Gasteiger partial charge in [0.1, 0.15) is 5.71 Å². The second-order valence-corrected chi connectivity index (χ2v) is 6.00. The standard InChI is InChI=1S/C16H20N6O/c1-11(2)5-7-14-18-16(13-6-8-15(23)20-19-13)22(21-14)12-4-3-9-17-10-12/h3-4,9-11H,5-8H2,1-2H3,(H,20,23). The maximum atomic E-state index is 11.3. The van der Waals surface area contributed by atoms with Crippen LogP contribution in [0.2, 0.25) is 0 Å². The van der Waals surface area contributed by atoms with E-state index in [1.807, 2.05) is 12.1 Å². The minimum absolute atomic E-state index is 0.0683. The first kappa shape index (κ1) is 15.3. The van der Waals surface area contributed by atoms with Crippen molar-refractivity contribution in [3.05, 3.63) is 36.2 Å². The topological polar surface area (TPSA) is 85.1 Å². The van der Waals surface area contributed by atoms with E-state index in [9.17, 15) is 4.79 Å². The number of nitrogens with zero attached hydrogens (tertiary/aromatic N) is 5. The number of amides is 1. The van der Waals surface area contributed by atoms with Crippen molar-refractivity contribution in [3.63, 3.8) is 0 Å². The van der Waals surface area contributed by atoms with Crippen molar-refractivity contribution >= 4 is 11.6 Å². The van der Waals surface area contributed by atoms with Gasteiger partial charge in [-0.2, -0.15) is 10.2 Å². The number of hydrazone groups is 1. The number of aryl methyl sites for hydroxylation is 1. The first-order valence-corrected chi connectivity index (χ1v) is 7.85. The highest BCUT2D eigenvalue weighted by Gasteiger charge is 2.21. The summed E-state index contributed by atoms with van der Waals surface area (Å²) in [6, 6.07) is 3.79. The number of hydrogen-bond acceptors (Lipinski definition) is 5. The van der Waals surface area contributed by atoms with Gasteiger partial charge >= 0.3 is 0 Å². The molecule has 0 bridgehead atoms. The van der Waals surface area contributed by atoms with Gasteiger partial charge in [0, 0.05) is 25.5 Å². The van der Waals surface area contributed by atoms with E-state index in [-0.39, 0.29) is 5.91 Å². The quantitative estimate of drug-likeness (QED) is 0.913. The van der Waals surface area contributed by atoms with Crippen LogP contribution in [-0.2, 0) is 11.2 Å². The van der Waals surface area contributed by atoms with Crippen LogP contribution in [-0.4, -0.2) is 31.4 Å². The van der Waals surface area contributed by atoms with Crippen LogP contribution >= 0.6 is 0 Å². The molecule has 0 unspecified atom stereocenters. The summed E-state index contributed by atoms with van der Waals surface area (Å²) in [4.78, 5) is 20.1. The van der Waals surface area contributed by atoms with Crippen molar-refractivity contribution in [3.8, 4) is 5.69 Å². The zero-order valence-electron chi connectivity index (χ0n) is 13.4. The molecule has 0 saturated carbocycles. The molecule has 0 radical (unpaired) electrons. The maximum absolute atomic E-state index is 11.3. The van der Waals surface area contributed by atoms with Crippen LogP contribution in [0.4, 0.5) is 0 Å². The van der Waals surface area contributed by atoms with E-state index in [0.29, 0.717) is 24.6 Å². The van der Waals surface area contributed by atoms with E-state index in [4.69, 9.17) is 0 Å². The fraction of sp³-hybridized carbons (Fsp3) is 0.438. The minimum Gasteiger partial charge on any atom is -0.273 e. The largest absolute Gasteiger partial charge is 0.273 e. The summed E-state index contributed by atoms with van der Waals surface area (Å²) in [6.45, 7) is 4.36. The third kappa shape index (κ3) is 3.61. The molecule has 2 aromatic heterocycles. The van der Waals surface area contributed by atoms with Gasteiger partial charge in [0.15, 0.2) is 11.6 Å². The Labute approximate surface area is 134 Å². The Kier molecular flexibility index (Phi) is 4.45. The molecule has 3 rings (SSSR count). The molecule has 0 spiro atoms. The van der Waals surface area contributed by atoms with Crippen LogP contribution < -0.4 is 5.43 Å². The van der Waals surface area contributed by atoms with Gasteiger partial charge < -0.3 is 0 Å². The molecule has 0 fully saturated rings. The molecule has 0 aliphatic carbocycles. The lowest BCUT2D eigenvalue weighted by Gasteiger charge is -2.12. The van der Waals surface area contributed by atoms with Gasteiger partial charge in [0.25, 0.3) is 0 Å². The van der Waals surface area contributed by atoms with Gasteiger partial charge in [-0.3, -0.25) is 9.78 Å². The molecule has 0 aromatic carbocycles.